The van der Waals surface area contributed by atoms with Crippen molar-refractivity contribution in [1.82, 2.24) is 9.78 Å². The summed E-state index contributed by atoms with van der Waals surface area (Å²) in [5.41, 5.74) is 14.5. The van der Waals surface area contributed by atoms with E-state index in [4.69, 9.17) is 30.8 Å². The normalized spacial score (nSPS) is 11.4. The number of carbonyl (C=O) groups excluding carboxylic acids is 3. The molecule has 1 heterocycles. The maximum Gasteiger partial charge on any atom is 0.404 e. The summed E-state index contributed by atoms with van der Waals surface area (Å²) in [5, 5.41) is 11.9. The van der Waals surface area contributed by atoms with Crippen molar-refractivity contribution in [3.05, 3.63) is 222 Å². The van der Waals surface area contributed by atoms with Gasteiger partial charge in [0, 0.05) is 5.92 Å². The van der Waals surface area contributed by atoms with E-state index in [9.17, 15) is 14.4 Å². The number of rotatable bonds is 20. The first-order valence-electron chi connectivity index (χ1n) is 20.8. The van der Waals surface area contributed by atoms with Crippen molar-refractivity contribution in [2.45, 2.75) is 30.5 Å². The van der Waals surface area contributed by atoms with Gasteiger partial charge in [-0.25, -0.2) is 14.3 Å². The average molecular weight is 843 g/mol. The molecule has 7 rings (SSSR count). The topological polar surface area (TPSA) is 173 Å². The Morgan fingerprint density at radius 2 is 0.905 bits per heavy atom. The maximum atomic E-state index is 14.3. The average Bonchev–Trinajstić information content (AvgIpc) is 3.70. The molecule has 7 aromatic rings. The van der Waals surface area contributed by atoms with Crippen LogP contribution in [0.4, 0.5) is 21.1 Å². The highest BCUT2D eigenvalue weighted by Gasteiger charge is 2.40. The van der Waals surface area contributed by atoms with E-state index in [1.807, 2.05) is 109 Å². The van der Waals surface area contributed by atoms with Crippen molar-refractivity contribution < 1.29 is 28.6 Å². The predicted octanol–water partition coefficient (Wildman–Crippen LogP) is 8.82. The molecule has 320 valence electrons. The third-order valence-corrected chi connectivity index (χ3v) is 11.0. The van der Waals surface area contributed by atoms with Gasteiger partial charge in [0.2, 0.25) is 5.91 Å². The SMILES string of the molecule is NC(=O)OCCC(CCOC(N)=O)C(=O)Nc1cnn(CCOC(c2ccccc2)(c2ccccc2)c2ccccc2)c1NC(c1ccccc1)(c1ccccc1)c1ccccc1. The number of amides is 3. The van der Waals surface area contributed by atoms with Crippen LogP contribution in [-0.2, 0) is 36.7 Å². The Hall–Kier alpha value is -7.70. The number of aromatic nitrogens is 2. The van der Waals surface area contributed by atoms with Gasteiger partial charge in [-0.15, -0.1) is 0 Å². The van der Waals surface area contributed by atoms with Crippen molar-refractivity contribution in [1.29, 1.82) is 0 Å². The second kappa shape index (κ2) is 20.7. The monoisotopic (exact) mass is 842 g/mol. The Morgan fingerprint density at radius 1 is 0.540 bits per heavy atom. The quantitative estimate of drug-likeness (QED) is 0.0551. The number of hydrogen-bond acceptors (Lipinski definition) is 8. The van der Waals surface area contributed by atoms with Crippen molar-refractivity contribution in [2.24, 2.45) is 17.4 Å². The number of benzene rings is 6. The molecule has 0 saturated heterocycles. The molecular weight excluding hydrogens is 793 g/mol. The highest BCUT2D eigenvalue weighted by molar-refractivity contribution is 5.95. The van der Waals surface area contributed by atoms with Gasteiger partial charge in [0.05, 0.1) is 32.6 Å². The molecule has 0 fully saturated rings. The van der Waals surface area contributed by atoms with Crippen LogP contribution in [0.1, 0.15) is 46.2 Å². The van der Waals surface area contributed by atoms with E-state index in [2.05, 4.69) is 83.4 Å². The molecule has 0 aliphatic heterocycles. The van der Waals surface area contributed by atoms with Crippen LogP contribution >= 0.6 is 0 Å². The number of carbonyl (C=O) groups is 3. The molecule has 6 aromatic carbocycles. The summed E-state index contributed by atoms with van der Waals surface area (Å²) in [4.78, 5) is 37.2. The van der Waals surface area contributed by atoms with Crippen LogP contribution in [0.3, 0.4) is 0 Å². The summed E-state index contributed by atoms with van der Waals surface area (Å²) in [6, 6.07) is 60.7. The molecule has 0 unspecified atom stereocenters. The van der Waals surface area contributed by atoms with Crippen molar-refractivity contribution >= 4 is 29.6 Å². The van der Waals surface area contributed by atoms with Crippen molar-refractivity contribution in [3.8, 4) is 0 Å². The molecule has 63 heavy (non-hydrogen) atoms. The first-order valence-corrected chi connectivity index (χ1v) is 20.8. The number of anilines is 2. The minimum Gasteiger partial charge on any atom is -0.450 e. The van der Waals surface area contributed by atoms with Crippen LogP contribution in [0.2, 0.25) is 0 Å². The standard InChI is InChI=1S/C51H50N6O6/c52-48(59)61-34-31-38(32-35-62-49(53)60)47(58)55-45-37-54-57(33-36-63-51(42-25-13-4-14-26-42,43-27-15-5-16-28-43)44-29-17-6-18-30-44)46(45)56-50(39-19-7-1-8-20-39,40-21-9-2-10-22-40)41-23-11-3-12-24-41/h1-30,37-38,56H,31-36H2,(H2,52,59)(H2,53,60)(H,55,58). The Balaban J connectivity index is 1.33. The molecule has 6 N–H and O–H groups in total. The number of primary amides is 2. The third-order valence-electron chi connectivity index (χ3n) is 11.0. The summed E-state index contributed by atoms with van der Waals surface area (Å²) in [6.07, 6.45) is -0.129. The van der Waals surface area contributed by atoms with Crippen LogP contribution < -0.4 is 22.1 Å². The molecule has 1 aromatic heterocycles. The van der Waals surface area contributed by atoms with Gasteiger partial charge in [-0.1, -0.05) is 182 Å². The van der Waals surface area contributed by atoms with Gasteiger partial charge in [-0.05, 0) is 46.2 Å². The van der Waals surface area contributed by atoms with Crippen LogP contribution in [0.25, 0.3) is 0 Å². The smallest absolute Gasteiger partial charge is 0.404 e. The third kappa shape index (κ3) is 10.1. The zero-order valence-corrected chi connectivity index (χ0v) is 34.7. The molecule has 0 saturated carbocycles. The van der Waals surface area contributed by atoms with Crippen molar-refractivity contribution in [2.75, 3.05) is 30.5 Å². The maximum absolute atomic E-state index is 14.3. The lowest BCUT2D eigenvalue weighted by Gasteiger charge is -2.38. The zero-order valence-electron chi connectivity index (χ0n) is 34.7. The van der Waals surface area contributed by atoms with E-state index in [0.717, 1.165) is 33.4 Å². The van der Waals surface area contributed by atoms with Crippen LogP contribution in [0.15, 0.2) is 188 Å². The molecule has 0 bridgehead atoms. The molecule has 12 nitrogen and oxygen atoms in total. The Bertz CT molecular complexity index is 2310. The molecule has 0 atom stereocenters. The van der Waals surface area contributed by atoms with Crippen LogP contribution in [0.5, 0.6) is 0 Å². The van der Waals surface area contributed by atoms with E-state index in [1.54, 1.807) is 10.9 Å². The fourth-order valence-corrected chi connectivity index (χ4v) is 8.04. The highest BCUT2D eigenvalue weighted by atomic mass is 16.5. The highest BCUT2D eigenvalue weighted by Crippen LogP contribution is 2.43. The lowest BCUT2D eigenvalue weighted by atomic mass is 9.77. The second-order valence-electron chi connectivity index (χ2n) is 14.8. The molecule has 3 amide bonds. The largest absolute Gasteiger partial charge is 0.450 e. The number of hydrogen-bond donors (Lipinski definition) is 4. The summed E-state index contributed by atoms with van der Waals surface area (Å²) >= 11 is 0. The summed E-state index contributed by atoms with van der Waals surface area (Å²) in [7, 11) is 0. The minimum absolute atomic E-state index is 0.101. The predicted molar refractivity (Wildman–Crippen MR) is 243 cm³/mol. The molecule has 12 heteroatoms. The molecule has 0 aliphatic carbocycles. The first kappa shape index (κ1) is 43.4. The molecular formula is C51H50N6O6. The van der Waals surface area contributed by atoms with Crippen LogP contribution in [0, 0.1) is 5.92 Å². The Morgan fingerprint density at radius 3 is 1.27 bits per heavy atom. The van der Waals surface area contributed by atoms with Gasteiger partial charge < -0.3 is 36.3 Å². The van der Waals surface area contributed by atoms with E-state index in [0.29, 0.717) is 11.5 Å². The summed E-state index contributed by atoms with van der Waals surface area (Å²) in [5.74, 6) is -0.696. The van der Waals surface area contributed by atoms with Gasteiger partial charge in [-0.2, -0.15) is 5.10 Å². The summed E-state index contributed by atoms with van der Waals surface area (Å²) < 4.78 is 19.0. The molecule has 0 spiro atoms. The number of nitrogens with two attached hydrogens (primary N) is 2. The second-order valence-corrected chi connectivity index (χ2v) is 14.8. The first-order chi connectivity index (χ1) is 30.8. The lowest BCUT2D eigenvalue weighted by molar-refractivity contribution is -0.120. The summed E-state index contributed by atoms with van der Waals surface area (Å²) in [6.45, 7) is 0.186. The fraction of sp³-hybridized carbons (Fsp3) is 0.176. The zero-order chi connectivity index (χ0) is 43.9. The van der Waals surface area contributed by atoms with E-state index >= 15 is 0 Å². The van der Waals surface area contributed by atoms with Gasteiger partial charge >= 0.3 is 12.2 Å². The number of ether oxygens (including phenoxy) is 3. The Kier molecular flexibility index (Phi) is 14.3. The minimum atomic E-state index is -1.01. The fourth-order valence-electron chi connectivity index (χ4n) is 8.04. The van der Waals surface area contributed by atoms with Crippen molar-refractivity contribution in [3.63, 3.8) is 0 Å². The van der Waals surface area contributed by atoms with E-state index in [-0.39, 0.29) is 39.2 Å². The molecule has 0 aliphatic rings. The van der Waals surface area contributed by atoms with Gasteiger partial charge in [-0.3, -0.25) is 4.79 Å². The van der Waals surface area contributed by atoms with E-state index < -0.39 is 35.2 Å². The van der Waals surface area contributed by atoms with Gasteiger partial charge in [0.25, 0.3) is 0 Å². The van der Waals surface area contributed by atoms with Crippen LogP contribution in [-0.4, -0.2) is 47.7 Å². The molecule has 0 radical (unpaired) electrons. The van der Waals surface area contributed by atoms with E-state index in [1.165, 1.54) is 0 Å². The van der Waals surface area contributed by atoms with Gasteiger partial charge in [0.1, 0.15) is 22.6 Å². The Labute approximate surface area is 366 Å². The van der Waals surface area contributed by atoms with Gasteiger partial charge in [0.15, 0.2) is 0 Å². The number of nitrogens with zero attached hydrogens (tertiary/aromatic N) is 2. The number of nitrogens with one attached hydrogen (secondary N) is 2. The lowest BCUT2D eigenvalue weighted by Crippen LogP contribution is -2.39.